The van der Waals surface area contributed by atoms with Crippen LogP contribution in [-0.4, -0.2) is 78.0 Å². The molecule has 1 fully saturated rings. The maximum Gasteiger partial charge on any atom is 0.263 e. The van der Waals surface area contributed by atoms with Gasteiger partial charge in [-0.05, 0) is 25.0 Å². The second-order valence-electron chi connectivity index (χ2n) is 7.32. The molecule has 1 saturated heterocycles. The highest BCUT2D eigenvalue weighted by Crippen LogP contribution is 2.22. The summed E-state index contributed by atoms with van der Waals surface area (Å²) in [4.78, 5) is 16.5. The van der Waals surface area contributed by atoms with E-state index in [1.54, 1.807) is 24.3 Å². The molecule has 0 aromatic heterocycles. The molecular formula is C19H28N4O6S2. The molecule has 12 heteroatoms. The van der Waals surface area contributed by atoms with Gasteiger partial charge in [0.15, 0.2) is 0 Å². The molecule has 1 aromatic rings. The molecule has 1 amide bonds. The van der Waals surface area contributed by atoms with Gasteiger partial charge in [-0.3, -0.25) is 14.5 Å². The average molecular weight is 473 g/mol. The third kappa shape index (κ3) is 6.48. The van der Waals surface area contributed by atoms with Gasteiger partial charge in [-0.1, -0.05) is 18.6 Å². The summed E-state index contributed by atoms with van der Waals surface area (Å²) in [5.41, 5.74) is 0.578. The monoisotopic (exact) mass is 472 g/mol. The normalized spacial score (nSPS) is 19.7. The van der Waals surface area contributed by atoms with E-state index in [0.717, 1.165) is 6.42 Å². The van der Waals surface area contributed by atoms with E-state index in [1.807, 2.05) is 0 Å². The van der Waals surface area contributed by atoms with Gasteiger partial charge >= 0.3 is 0 Å². The van der Waals surface area contributed by atoms with E-state index in [2.05, 4.69) is 15.0 Å². The van der Waals surface area contributed by atoms with E-state index in [1.165, 1.54) is 4.31 Å². The van der Waals surface area contributed by atoms with Crippen molar-refractivity contribution >= 4 is 31.8 Å². The van der Waals surface area contributed by atoms with Crippen LogP contribution < -0.4 is 10.0 Å². The number of carbonyl (C=O) groups is 1. The Labute approximate surface area is 183 Å². The third-order valence-electron chi connectivity index (χ3n) is 5.04. The number of aliphatic imine (C=N–C) groups is 1. The Morgan fingerprint density at radius 2 is 1.90 bits per heavy atom. The number of nitrogens with one attached hydrogen (secondary N) is 2. The molecule has 2 heterocycles. The first-order chi connectivity index (χ1) is 14.8. The molecule has 31 heavy (non-hydrogen) atoms. The zero-order chi connectivity index (χ0) is 22.3. The number of morpholine rings is 1. The third-order valence-corrected chi connectivity index (χ3v) is 8.31. The van der Waals surface area contributed by atoms with Crippen LogP contribution in [0.2, 0.25) is 0 Å². The van der Waals surface area contributed by atoms with Crippen LogP contribution in [0.1, 0.15) is 31.2 Å². The van der Waals surface area contributed by atoms with Crippen LogP contribution in [0.5, 0.6) is 0 Å². The minimum atomic E-state index is -3.53. The lowest BCUT2D eigenvalue weighted by Gasteiger charge is -2.26. The van der Waals surface area contributed by atoms with Crippen LogP contribution in [0.4, 0.5) is 0 Å². The van der Waals surface area contributed by atoms with E-state index in [4.69, 9.17) is 4.74 Å². The van der Waals surface area contributed by atoms with E-state index in [0.29, 0.717) is 63.5 Å². The van der Waals surface area contributed by atoms with Crippen molar-refractivity contribution in [1.29, 1.82) is 0 Å². The van der Waals surface area contributed by atoms with Gasteiger partial charge in [-0.15, -0.1) is 0 Å². The molecule has 0 atom stereocenters. The van der Waals surface area contributed by atoms with E-state index in [-0.39, 0.29) is 23.1 Å². The molecule has 0 unspecified atom stereocenters. The Bertz CT molecular complexity index is 1020. The van der Waals surface area contributed by atoms with Gasteiger partial charge in [-0.2, -0.15) is 4.31 Å². The second kappa shape index (κ2) is 10.5. The highest BCUT2D eigenvalue weighted by Gasteiger charge is 2.29. The molecular weight excluding hydrogens is 444 g/mol. The Hall–Kier alpha value is -2.02. The number of hydrogen-bond acceptors (Lipinski definition) is 7. The van der Waals surface area contributed by atoms with E-state index < -0.39 is 20.0 Å². The summed E-state index contributed by atoms with van der Waals surface area (Å²) in [6, 6.07) is 6.70. The van der Waals surface area contributed by atoms with Crippen molar-refractivity contribution in [2.24, 2.45) is 4.99 Å². The number of ether oxygens (including phenoxy) is 1. The molecule has 3 rings (SSSR count). The SMILES string of the molecule is O=C(CCCCCN=C1NS(=O)(=O)c2ccccc21)NCCS(=O)(=O)N1CCOCC1. The Balaban J connectivity index is 1.31. The van der Waals surface area contributed by atoms with Crippen LogP contribution in [-0.2, 0) is 29.6 Å². The van der Waals surface area contributed by atoms with Crippen LogP contribution in [0.3, 0.4) is 0 Å². The smallest absolute Gasteiger partial charge is 0.263 e. The largest absolute Gasteiger partial charge is 0.379 e. The van der Waals surface area contributed by atoms with Crippen molar-refractivity contribution < 1.29 is 26.4 Å². The number of hydrogen-bond donors (Lipinski definition) is 2. The number of sulfonamides is 2. The first-order valence-corrected chi connectivity index (χ1v) is 13.4. The molecule has 0 bridgehead atoms. The van der Waals surface area contributed by atoms with Crippen molar-refractivity contribution in [2.75, 3.05) is 45.1 Å². The first-order valence-electron chi connectivity index (χ1n) is 10.3. The van der Waals surface area contributed by atoms with Crippen LogP contribution >= 0.6 is 0 Å². The standard InChI is InChI=1S/C19H28N4O6S2/c24-18(20-10-15-30(25,26)23-11-13-29-14-12-23)8-2-1-5-9-21-19-16-6-3-4-7-17(16)31(27,28)22-19/h3-4,6-7H,1-2,5,8-15H2,(H,20,24)(H,21,22). The van der Waals surface area contributed by atoms with E-state index in [9.17, 15) is 21.6 Å². The highest BCUT2D eigenvalue weighted by molar-refractivity contribution is 7.90. The summed E-state index contributed by atoms with van der Waals surface area (Å²) in [5.74, 6) is 0.0592. The molecule has 0 saturated carbocycles. The van der Waals surface area contributed by atoms with Crippen LogP contribution in [0, 0.1) is 0 Å². The number of carbonyl (C=O) groups excluding carboxylic acids is 1. The number of amides is 1. The summed E-state index contributed by atoms with van der Waals surface area (Å²) in [6.07, 6.45) is 2.43. The molecule has 2 aliphatic rings. The lowest BCUT2D eigenvalue weighted by atomic mass is 10.2. The zero-order valence-electron chi connectivity index (χ0n) is 17.2. The topological polar surface area (TPSA) is 134 Å². The van der Waals surface area contributed by atoms with Gasteiger partial charge in [0, 0.05) is 38.2 Å². The van der Waals surface area contributed by atoms with E-state index >= 15 is 0 Å². The van der Waals surface area contributed by atoms with Gasteiger partial charge < -0.3 is 10.1 Å². The number of amidine groups is 1. The highest BCUT2D eigenvalue weighted by atomic mass is 32.2. The predicted octanol–water partition coefficient (Wildman–Crippen LogP) is 0.0637. The van der Waals surface area contributed by atoms with Crippen molar-refractivity contribution in [3.63, 3.8) is 0 Å². The fraction of sp³-hybridized carbons (Fsp3) is 0.579. The van der Waals surface area contributed by atoms with Crippen molar-refractivity contribution in [3.05, 3.63) is 29.8 Å². The summed E-state index contributed by atoms with van der Waals surface area (Å²) >= 11 is 0. The minimum absolute atomic E-state index is 0.0890. The van der Waals surface area contributed by atoms with Gasteiger partial charge in [0.2, 0.25) is 15.9 Å². The van der Waals surface area contributed by atoms with Gasteiger partial charge in [0.25, 0.3) is 10.0 Å². The second-order valence-corrected chi connectivity index (χ2v) is 11.1. The number of fused-ring (bicyclic) bond motifs is 1. The van der Waals surface area contributed by atoms with Gasteiger partial charge in [0.05, 0.1) is 23.9 Å². The van der Waals surface area contributed by atoms with Crippen molar-refractivity contribution in [1.82, 2.24) is 14.3 Å². The Kier molecular flexibility index (Phi) is 8.03. The van der Waals surface area contributed by atoms with Crippen molar-refractivity contribution in [2.45, 2.75) is 30.6 Å². The summed E-state index contributed by atoms with van der Waals surface area (Å²) in [5, 5.41) is 2.65. The quantitative estimate of drug-likeness (QED) is 0.463. The molecule has 1 aromatic carbocycles. The zero-order valence-corrected chi connectivity index (χ0v) is 18.9. The van der Waals surface area contributed by atoms with Crippen molar-refractivity contribution in [3.8, 4) is 0 Å². The molecule has 0 spiro atoms. The first kappa shape index (κ1) is 23.6. The number of rotatable bonds is 10. The van der Waals surface area contributed by atoms with Gasteiger partial charge in [-0.25, -0.2) is 16.8 Å². The fourth-order valence-corrected chi connectivity index (χ4v) is 5.95. The molecule has 172 valence electrons. The molecule has 2 N–H and O–H groups in total. The molecule has 0 radical (unpaired) electrons. The molecule has 10 nitrogen and oxygen atoms in total. The van der Waals surface area contributed by atoms with Crippen LogP contribution in [0.15, 0.2) is 34.2 Å². The molecule has 2 aliphatic heterocycles. The average Bonchev–Trinajstić information content (AvgIpc) is 3.01. The number of benzene rings is 1. The maximum absolute atomic E-state index is 12.2. The lowest BCUT2D eigenvalue weighted by Crippen LogP contribution is -2.43. The lowest BCUT2D eigenvalue weighted by molar-refractivity contribution is -0.121. The maximum atomic E-state index is 12.2. The fourth-order valence-electron chi connectivity index (χ4n) is 3.38. The van der Waals surface area contributed by atoms with Gasteiger partial charge in [0.1, 0.15) is 5.84 Å². The summed E-state index contributed by atoms with van der Waals surface area (Å²) in [6.45, 7) is 2.05. The number of nitrogens with zero attached hydrogens (tertiary/aromatic N) is 2. The summed E-state index contributed by atoms with van der Waals surface area (Å²) < 4.78 is 57.4. The number of unbranched alkanes of at least 4 members (excludes halogenated alkanes) is 2. The Morgan fingerprint density at radius 3 is 2.68 bits per heavy atom. The predicted molar refractivity (Wildman–Crippen MR) is 116 cm³/mol. The summed E-state index contributed by atoms with van der Waals surface area (Å²) in [7, 11) is -6.90. The molecule has 0 aliphatic carbocycles. The minimum Gasteiger partial charge on any atom is -0.379 e. The van der Waals surface area contributed by atoms with Crippen LogP contribution in [0.25, 0.3) is 0 Å². The Morgan fingerprint density at radius 1 is 1.16 bits per heavy atom.